The summed E-state index contributed by atoms with van der Waals surface area (Å²) in [4.78, 5) is 0.242. The minimum atomic E-state index is -3.65. The summed E-state index contributed by atoms with van der Waals surface area (Å²) in [6, 6.07) is 10.4. The average Bonchev–Trinajstić information content (AvgIpc) is 2.65. The Bertz CT molecular complexity index is 983. The van der Waals surface area contributed by atoms with Crippen molar-refractivity contribution in [1.82, 2.24) is 4.72 Å². The SMILES string of the molecule is COc1cc(CNS(=O)(=O)c2ccc3c(c2)CCC(C)(C)O3)ccc1OC(C)C. The molecule has 0 spiro atoms. The van der Waals surface area contributed by atoms with Crippen LogP contribution >= 0.6 is 0 Å². The van der Waals surface area contributed by atoms with Gasteiger partial charge in [-0.2, -0.15) is 0 Å². The van der Waals surface area contributed by atoms with Crippen LogP contribution in [-0.2, 0) is 23.0 Å². The van der Waals surface area contributed by atoms with E-state index in [9.17, 15) is 8.42 Å². The Kier molecular flexibility index (Phi) is 6.10. The second kappa shape index (κ2) is 8.24. The Balaban J connectivity index is 1.74. The summed E-state index contributed by atoms with van der Waals surface area (Å²) >= 11 is 0. The van der Waals surface area contributed by atoms with Crippen molar-refractivity contribution in [2.45, 2.75) is 63.7 Å². The van der Waals surface area contributed by atoms with Crippen molar-refractivity contribution in [3.05, 3.63) is 47.5 Å². The van der Waals surface area contributed by atoms with Gasteiger partial charge in [0.15, 0.2) is 11.5 Å². The lowest BCUT2D eigenvalue weighted by molar-refractivity contribution is 0.0845. The summed E-state index contributed by atoms with van der Waals surface area (Å²) in [6.07, 6.45) is 1.66. The number of nitrogens with one attached hydrogen (secondary N) is 1. The van der Waals surface area contributed by atoms with Gasteiger partial charge in [0.1, 0.15) is 11.4 Å². The molecule has 1 aliphatic rings. The number of aryl methyl sites for hydroxylation is 1. The lowest BCUT2D eigenvalue weighted by atomic mass is 9.94. The number of hydrogen-bond acceptors (Lipinski definition) is 5. The van der Waals surface area contributed by atoms with Gasteiger partial charge in [0, 0.05) is 6.54 Å². The molecule has 0 aromatic heterocycles. The Morgan fingerprint density at radius 1 is 1.14 bits per heavy atom. The quantitative estimate of drug-likeness (QED) is 0.732. The molecule has 158 valence electrons. The van der Waals surface area contributed by atoms with Crippen molar-refractivity contribution >= 4 is 10.0 Å². The van der Waals surface area contributed by atoms with Crippen LogP contribution in [-0.4, -0.2) is 27.2 Å². The summed E-state index contributed by atoms with van der Waals surface area (Å²) in [5.41, 5.74) is 1.48. The molecule has 1 aliphatic heterocycles. The van der Waals surface area contributed by atoms with E-state index in [4.69, 9.17) is 14.2 Å². The molecule has 0 atom stereocenters. The number of hydrogen-bond donors (Lipinski definition) is 1. The number of ether oxygens (including phenoxy) is 3. The third-order valence-corrected chi connectivity index (χ3v) is 6.18. The average molecular weight is 420 g/mol. The van der Waals surface area contributed by atoms with E-state index in [1.807, 2.05) is 33.8 Å². The normalized spacial score (nSPS) is 15.5. The third-order valence-electron chi connectivity index (χ3n) is 4.78. The van der Waals surface area contributed by atoms with Crippen LogP contribution in [0.5, 0.6) is 17.2 Å². The first kappa shape index (κ1) is 21.5. The molecule has 0 unspecified atom stereocenters. The standard InChI is InChI=1S/C22H29NO5S/c1-15(2)27-20-8-6-16(12-21(20)26-5)14-23-29(24,25)18-7-9-19-17(13-18)10-11-22(3,4)28-19/h6-9,12-13,15,23H,10-11,14H2,1-5H3. The number of fused-ring (bicyclic) bond motifs is 1. The highest BCUT2D eigenvalue weighted by molar-refractivity contribution is 7.89. The summed E-state index contributed by atoms with van der Waals surface area (Å²) in [5.74, 6) is 1.96. The fraction of sp³-hybridized carbons (Fsp3) is 0.455. The van der Waals surface area contributed by atoms with Gasteiger partial charge in [0.05, 0.1) is 18.1 Å². The molecule has 0 aliphatic carbocycles. The smallest absolute Gasteiger partial charge is 0.240 e. The van der Waals surface area contributed by atoms with E-state index < -0.39 is 10.0 Å². The predicted octanol–water partition coefficient (Wildman–Crippen LogP) is 4.06. The topological polar surface area (TPSA) is 73.9 Å². The first-order valence-electron chi connectivity index (χ1n) is 9.75. The molecule has 0 saturated heterocycles. The molecule has 2 aromatic carbocycles. The lowest BCUT2D eigenvalue weighted by Crippen LogP contribution is -2.32. The van der Waals surface area contributed by atoms with Crippen molar-refractivity contribution in [1.29, 1.82) is 0 Å². The Morgan fingerprint density at radius 2 is 1.90 bits per heavy atom. The molecule has 6 nitrogen and oxygen atoms in total. The summed E-state index contributed by atoms with van der Waals surface area (Å²) in [6.45, 7) is 8.10. The van der Waals surface area contributed by atoms with Crippen molar-refractivity contribution in [2.24, 2.45) is 0 Å². The number of sulfonamides is 1. The monoisotopic (exact) mass is 419 g/mol. The largest absolute Gasteiger partial charge is 0.493 e. The minimum absolute atomic E-state index is 0.0202. The van der Waals surface area contributed by atoms with E-state index in [1.54, 1.807) is 37.4 Å². The molecule has 0 fully saturated rings. The van der Waals surface area contributed by atoms with Gasteiger partial charge >= 0.3 is 0 Å². The molecule has 29 heavy (non-hydrogen) atoms. The summed E-state index contributed by atoms with van der Waals surface area (Å²) in [5, 5.41) is 0. The zero-order chi connectivity index (χ0) is 21.2. The molecule has 0 saturated carbocycles. The van der Waals surface area contributed by atoms with Crippen LogP contribution < -0.4 is 18.9 Å². The van der Waals surface area contributed by atoms with Gasteiger partial charge in [-0.25, -0.2) is 13.1 Å². The van der Waals surface area contributed by atoms with Crippen LogP contribution in [0.1, 0.15) is 45.2 Å². The van der Waals surface area contributed by atoms with Crippen molar-refractivity contribution in [3.8, 4) is 17.2 Å². The zero-order valence-corrected chi connectivity index (χ0v) is 18.4. The highest BCUT2D eigenvalue weighted by atomic mass is 32.2. The van der Waals surface area contributed by atoms with E-state index in [1.165, 1.54) is 0 Å². The molecule has 0 bridgehead atoms. The van der Waals surface area contributed by atoms with E-state index in [2.05, 4.69) is 4.72 Å². The maximum Gasteiger partial charge on any atom is 0.240 e. The molecule has 3 rings (SSSR count). The van der Waals surface area contributed by atoms with E-state index in [0.29, 0.717) is 11.5 Å². The zero-order valence-electron chi connectivity index (χ0n) is 17.6. The Labute approximate surface area is 173 Å². The Morgan fingerprint density at radius 3 is 2.59 bits per heavy atom. The fourth-order valence-electron chi connectivity index (χ4n) is 3.24. The molecule has 2 aromatic rings. The molecule has 0 radical (unpaired) electrons. The van der Waals surface area contributed by atoms with E-state index >= 15 is 0 Å². The summed E-state index contributed by atoms with van der Waals surface area (Å²) in [7, 11) is -2.08. The Hall–Kier alpha value is -2.25. The van der Waals surface area contributed by atoms with Gasteiger partial charge in [-0.15, -0.1) is 0 Å². The van der Waals surface area contributed by atoms with Gasteiger partial charge < -0.3 is 14.2 Å². The number of benzene rings is 2. The highest BCUT2D eigenvalue weighted by Crippen LogP contribution is 2.34. The highest BCUT2D eigenvalue weighted by Gasteiger charge is 2.27. The molecular formula is C22H29NO5S. The van der Waals surface area contributed by atoms with Crippen LogP contribution in [0.15, 0.2) is 41.3 Å². The van der Waals surface area contributed by atoms with Crippen LogP contribution in [0.25, 0.3) is 0 Å². The fourth-order valence-corrected chi connectivity index (χ4v) is 4.31. The van der Waals surface area contributed by atoms with Crippen LogP contribution in [0.2, 0.25) is 0 Å². The molecular weight excluding hydrogens is 390 g/mol. The van der Waals surface area contributed by atoms with Crippen LogP contribution in [0.3, 0.4) is 0 Å². The maximum absolute atomic E-state index is 12.8. The molecule has 0 amide bonds. The number of methoxy groups -OCH3 is 1. The van der Waals surface area contributed by atoms with Crippen LogP contribution in [0.4, 0.5) is 0 Å². The molecule has 1 heterocycles. The van der Waals surface area contributed by atoms with Gasteiger partial charge in [0.25, 0.3) is 0 Å². The van der Waals surface area contributed by atoms with Crippen LogP contribution in [0, 0.1) is 0 Å². The number of rotatable bonds is 7. The molecule has 7 heteroatoms. The van der Waals surface area contributed by atoms with Gasteiger partial charge in [0.2, 0.25) is 10.0 Å². The first-order valence-corrected chi connectivity index (χ1v) is 11.2. The second-order valence-electron chi connectivity index (χ2n) is 8.11. The lowest BCUT2D eigenvalue weighted by Gasteiger charge is -2.32. The second-order valence-corrected chi connectivity index (χ2v) is 9.87. The van der Waals surface area contributed by atoms with Gasteiger partial charge in [-0.1, -0.05) is 6.07 Å². The molecule has 1 N–H and O–H groups in total. The van der Waals surface area contributed by atoms with Crippen molar-refractivity contribution in [2.75, 3.05) is 7.11 Å². The predicted molar refractivity (Wildman–Crippen MR) is 112 cm³/mol. The van der Waals surface area contributed by atoms with E-state index in [-0.39, 0.29) is 23.1 Å². The van der Waals surface area contributed by atoms with Gasteiger partial charge in [-0.3, -0.25) is 0 Å². The third kappa shape index (κ3) is 5.22. The summed E-state index contributed by atoms with van der Waals surface area (Å²) < 4.78 is 45.2. The van der Waals surface area contributed by atoms with Crippen molar-refractivity contribution in [3.63, 3.8) is 0 Å². The van der Waals surface area contributed by atoms with E-state index in [0.717, 1.165) is 29.7 Å². The minimum Gasteiger partial charge on any atom is -0.493 e. The van der Waals surface area contributed by atoms with Gasteiger partial charge in [-0.05, 0) is 82.0 Å². The van der Waals surface area contributed by atoms with Crippen molar-refractivity contribution < 1.29 is 22.6 Å². The first-order chi connectivity index (χ1) is 13.6. The maximum atomic E-state index is 12.8.